The van der Waals surface area contributed by atoms with Crippen LogP contribution < -0.4 is 10.5 Å². The standard InChI is InChI=1S/C13H19NOS/c1-9-3-4-12(15-2)11(7-9)13(14)10-5-6-16-8-10/h3-4,7,10,13H,5-6,8,14H2,1-2H3. The maximum Gasteiger partial charge on any atom is 0.123 e. The van der Waals surface area contributed by atoms with Gasteiger partial charge in [0, 0.05) is 11.6 Å². The smallest absolute Gasteiger partial charge is 0.123 e. The minimum Gasteiger partial charge on any atom is -0.496 e. The van der Waals surface area contributed by atoms with Gasteiger partial charge in [-0.25, -0.2) is 0 Å². The molecule has 1 aliphatic heterocycles. The Morgan fingerprint density at radius 3 is 2.94 bits per heavy atom. The molecule has 1 aromatic rings. The molecule has 1 fully saturated rings. The second-order valence-corrected chi connectivity index (χ2v) is 5.54. The number of methoxy groups -OCH3 is 1. The van der Waals surface area contributed by atoms with Crippen molar-refractivity contribution in [3.63, 3.8) is 0 Å². The summed E-state index contributed by atoms with van der Waals surface area (Å²) in [5, 5.41) is 0. The first kappa shape index (κ1) is 11.8. The molecule has 3 heteroatoms. The maximum absolute atomic E-state index is 6.35. The summed E-state index contributed by atoms with van der Waals surface area (Å²) < 4.78 is 5.39. The molecule has 2 nitrogen and oxygen atoms in total. The topological polar surface area (TPSA) is 35.2 Å². The first-order valence-electron chi connectivity index (χ1n) is 5.70. The number of ether oxygens (including phenoxy) is 1. The van der Waals surface area contributed by atoms with Gasteiger partial charge >= 0.3 is 0 Å². The third kappa shape index (κ3) is 2.36. The van der Waals surface area contributed by atoms with Crippen LogP contribution in [0, 0.1) is 12.8 Å². The number of hydrogen-bond acceptors (Lipinski definition) is 3. The maximum atomic E-state index is 6.35. The average molecular weight is 237 g/mol. The SMILES string of the molecule is COc1ccc(C)cc1C(N)C1CCSC1. The lowest BCUT2D eigenvalue weighted by Crippen LogP contribution is -2.21. The lowest BCUT2D eigenvalue weighted by atomic mass is 9.92. The van der Waals surface area contributed by atoms with Gasteiger partial charge < -0.3 is 10.5 Å². The lowest BCUT2D eigenvalue weighted by molar-refractivity contribution is 0.392. The number of benzene rings is 1. The van der Waals surface area contributed by atoms with Gasteiger partial charge in [-0.05, 0) is 36.8 Å². The van der Waals surface area contributed by atoms with Gasteiger partial charge in [0.1, 0.15) is 5.75 Å². The van der Waals surface area contributed by atoms with Crippen LogP contribution in [0.25, 0.3) is 0 Å². The highest BCUT2D eigenvalue weighted by molar-refractivity contribution is 7.99. The highest BCUT2D eigenvalue weighted by Crippen LogP contribution is 2.36. The van der Waals surface area contributed by atoms with Crippen LogP contribution in [-0.2, 0) is 0 Å². The van der Waals surface area contributed by atoms with Gasteiger partial charge in [0.25, 0.3) is 0 Å². The van der Waals surface area contributed by atoms with Crippen LogP contribution >= 0.6 is 11.8 Å². The Hall–Kier alpha value is -0.670. The van der Waals surface area contributed by atoms with Crippen molar-refractivity contribution in [1.29, 1.82) is 0 Å². The van der Waals surface area contributed by atoms with Gasteiger partial charge in [0.05, 0.1) is 7.11 Å². The quantitative estimate of drug-likeness (QED) is 0.878. The van der Waals surface area contributed by atoms with Crippen LogP contribution in [0.3, 0.4) is 0 Å². The predicted molar refractivity (Wildman–Crippen MR) is 70.1 cm³/mol. The van der Waals surface area contributed by atoms with Crippen molar-refractivity contribution in [2.24, 2.45) is 11.7 Å². The molecule has 2 atom stereocenters. The zero-order valence-electron chi connectivity index (χ0n) is 9.90. The first-order valence-corrected chi connectivity index (χ1v) is 6.85. The molecule has 0 saturated carbocycles. The molecule has 0 amide bonds. The molecule has 1 saturated heterocycles. The zero-order chi connectivity index (χ0) is 11.5. The van der Waals surface area contributed by atoms with E-state index in [1.165, 1.54) is 23.5 Å². The molecule has 2 unspecified atom stereocenters. The molecule has 88 valence electrons. The van der Waals surface area contributed by atoms with Crippen LogP contribution in [-0.4, -0.2) is 18.6 Å². The van der Waals surface area contributed by atoms with Crippen LogP contribution in [0.4, 0.5) is 0 Å². The molecule has 0 radical (unpaired) electrons. The minimum atomic E-state index is 0.116. The van der Waals surface area contributed by atoms with E-state index >= 15 is 0 Å². The second kappa shape index (κ2) is 5.11. The van der Waals surface area contributed by atoms with E-state index in [1.54, 1.807) is 7.11 Å². The van der Waals surface area contributed by atoms with Crippen LogP contribution in [0.5, 0.6) is 5.75 Å². The fraction of sp³-hybridized carbons (Fsp3) is 0.538. The van der Waals surface area contributed by atoms with Gasteiger partial charge in [-0.3, -0.25) is 0 Å². The largest absolute Gasteiger partial charge is 0.496 e. The normalized spacial score (nSPS) is 22.1. The summed E-state index contributed by atoms with van der Waals surface area (Å²) in [7, 11) is 1.71. The van der Waals surface area contributed by atoms with E-state index in [1.807, 2.05) is 17.8 Å². The van der Waals surface area contributed by atoms with E-state index in [4.69, 9.17) is 10.5 Å². The fourth-order valence-corrected chi connectivity index (χ4v) is 3.52. The highest BCUT2D eigenvalue weighted by Gasteiger charge is 2.25. The molecule has 2 rings (SSSR count). The van der Waals surface area contributed by atoms with Crippen molar-refractivity contribution in [1.82, 2.24) is 0 Å². The predicted octanol–water partition coefficient (Wildman–Crippen LogP) is 2.76. The van der Waals surface area contributed by atoms with E-state index in [2.05, 4.69) is 19.1 Å². The minimum absolute atomic E-state index is 0.116. The monoisotopic (exact) mass is 237 g/mol. The van der Waals surface area contributed by atoms with Gasteiger partial charge in [-0.15, -0.1) is 0 Å². The Morgan fingerprint density at radius 2 is 2.31 bits per heavy atom. The van der Waals surface area contributed by atoms with E-state index in [0.717, 1.165) is 11.3 Å². The molecule has 0 bridgehead atoms. The van der Waals surface area contributed by atoms with Crippen molar-refractivity contribution in [3.05, 3.63) is 29.3 Å². The van der Waals surface area contributed by atoms with E-state index in [-0.39, 0.29) is 6.04 Å². The number of nitrogens with two attached hydrogens (primary N) is 1. The van der Waals surface area contributed by atoms with E-state index in [0.29, 0.717) is 5.92 Å². The number of hydrogen-bond donors (Lipinski definition) is 1. The van der Waals surface area contributed by atoms with Gasteiger partial charge in [-0.1, -0.05) is 17.7 Å². The molecule has 0 aliphatic carbocycles. The second-order valence-electron chi connectivity index (χ2n) is 4.39. The van der Waals surface area contributed by atoms with Gasteiger partial charge in [-0.2, -0.15) is 11.8 Å². The number of aryl methyl sites for hydroxylation is 1. The summed E-state index contributed by atoms with van der Waals surface area (Å²) in [5.41, 5.74) is 8.76. The molecule has 0 aromatic heterocycles. The highest BCUT2D eigenvalue weighted by atomic mass is 32.2. The van der Waals surface area contributed by atoms with Gasteiger partial charge in [0.2, 0.25) is 0 Å². The summed E-state index contributed by atoms with van der Waals surface area (Å²) in [6.07, 6.45) is 1.23. The van der Waals surface area contributed by atoms with Crippen molar-refractivity contribution in [3.8, 4) is 5.75 Å². The Morgan fingerprint density at radius 1 is 1.50 bits per heavy atom. The van der Waals surface area contributed by atoms with E-state index in [9.17, 15) is 0 Å². The van der Waals surface area contributed by atoms with E-state index < -0.39 is 0 Å². The van der Waals surface area contributed by atoms with Crippen LogP contribution in [0.15, 0.2) is 18.2 Å². The third-order valence-electron chi connectivity index (χ3n) is 3.22. The third-order valence-corrected chi connectivity index (χ3v) is 4.41. The van der Waals surface area contributed by atoms with Crippen molar-refractivity contribution in [2.45, 2.75) is 19.4 Å². The van der Waals surface area contributed by atoms with Crippen LogP contribution in [0.1, 0.15) is 23.6 Å². The average Bonchev–Trinajstić information content (AvgIpc) is 2.81. The molecule has 1 aromatic carbocycles. The molecule has 1 heterocycles. The van der Waals surface area contributed by atoms with Crippen molar-refractivity contribution >= 4 is 11.8 Å². The summed E-state index contributed by atoms with van der Waals surface area (Å²) >= 11 is 2.00. The summed E-state index contributed by atoms with van der Waals surface area (Å²) in [6, 6.07) is 6.36. The molecule has 0 spiro atoms. The number of rotatable bonds is 3. The Kier molecular flexibility index (Phi) is 3.77. The molecule has 1 aliphatic rings. The lowest BCUT2D eigenvalue weighted by Gasteiger charge is -2.21. The fourth-order valence-electron chi connectivity index (χ4n) is 2.20. The summed E-state index contributed by atoms with van der Waals surface area (Å²) in [4.78, 5) is 0. The summed E-state index contributed by atoms with van der Waals surface area (Å²) in [5.74, 6) is 3.95. The van der Waals surface area contributed by atoms with Gasteiger partial charge in [0.15, 0.2) is 0 Å². The molecular weight excluding hydrogens is 218 g/mol. The van der Waals surface area contributed by atoms with Crippen molar-refractivity contribution in [2.75, 3.05) is 18.6 Å². The summed E-state index contributed by atoms with van der Waals surface area (Å²) in [6.45, 7) is 2.10. The van der Waals surface area contributed by atoms with Crippen molar-refractivity contribution < 1.29 is 4.74 Å². The Bertz CT molecular complexity index is 361. The first-order chi connectivity index (χ1) is 7.72. The zero-order valence-corrected chi connectivity index (χ0v) is 10.7. The Balaban J connectivity index is 2.26. The number of thioether (sulfide) groups is 1. The molecule has 16 heavy (non-hydrogen) atoms. The van der Waals surface area contributed by atoms with Crippen LogP contribution in [0.2, 0.25) is 0 Å². The molecule has 2 N–H and O–H groups in total. The Labute approximate surface area is 102 Å². The molecular formula is C13H19NOS.